The first-order chi connectivity index (χ1) is 5.61. The summed E-state index contributed by atoms with van der Waals surface area (Å²) < 4.78 is 0. The van der Waals surface area contributed by atoms with Crippen molar-refractivity contribution in [2.45, 2.75) is 0 Å². The van der Waals surface area contributed by atoms with E-state index in [0.29, 0.717) is 0 Å². The van der Waals surface area contributed by atoms with Crippen molar-refractivity contribution in [1.82, 2.24) is 9.97 Å². The standard InChI is InChI=1S/C6H6N4O2/c7-5(11)3-1-9-2-4(10-3)6(8)12/h1-2H,(H2,7,11)(H2,8,12). The molecule has 0 fully saturated rings. The van der Waals surface area contributed by atoms with Crippen molar-refractivity contribution in [3.05, 3.63) is 23.8 Å². The van der Waals surface area contributed by atoms with Crippen LogP contribution in [0, 0.1) is 0 Å². The van der Waals surface area contributed by atoms with Crippen molar-refractivity contribution in [1.29, 1.82) is 0 Å². The Balaban J connectivity index is 3.12. The van der Waals surface area contributed by atoms with Gasteiger partial charge in [0, 0.05) is 0 Å². The average Bonchev–Trinajstić information content (AvgIpc) is 2.04. The van der Waals surface area contributed by atoms with Crippen molar-refractivity contribution in [2.24, 2.45) is 11.5 Å². The highest BCUT2D eigenvalue weighted by atomic mass is 16.1. The van der Waals surface area contributed by atoms with Gasteiger partial charge in [0.05, 0.1) is 12.4 Å². The van der Waals surface area contributed by atoms with E-state index in [-0.39, 0.29) is 11.4 Å². The fraction of sp³-hybridized carbons (Fsp3) is 0. The van der Waals surface area contributed by atoms with Gasteiger partial charge in [-0.2, -0.15) is 0 Å². The van der Waals surface area contributed by atoms with Crippen molar-refractivity contribution < 1.29 is 9.59 Å². The number of nitrogens with two attached hydrogens (primary N) is 2. The smallest absolute Gasteiger partial charge is 0.268 e. The SMILES string of the molecule is NC(=O)c1cncc(C(N)=O)n1. The highest BCUT2D eigenvalue weighted by Gasteiger charge is 2.06. The molecule has 4 N–H and O–H groups in total. The Morgan fingerprint density at radius 1 is 1.08 bits per heavy atom. The van der Waals surface area contributed by atoms with Gasteiger partial charge in [-0.15, -0.1) is 0 Å². The summed E-state index contributed by atoms with van der Waals surface area (Å²) in [7, 11) is 0. The largest absolute Gasteiger partial charge is 0.364 e. The van der Waals surface area contributed by atoms with Crippen LogP contribution in [-0.2, 0) is 0 Å². The lowest BCUT2D eigenvalue weighted by atomic mass is 10.4. The van der Waals surface area contributed by atoms with E-state index in [0.717, 1.165) is 12.4 Å². The first-order valence-corrected chi connectivity index (χ1v) is 3.03. The Kier molecular flexibility index (Phi) is 2.00. The monoisotopic (exact) mass is 166 g/mol. The van der Waals surface area contributed by atoms with E-state index in [9.17, 15) is 9.59 Å². The molecule has 1 aromatic heterocycles. The molecular formula is C6H6N4O2. The van der Waals surface area contributed by atoms with Crippen LogP contribution in [0.1, 0.15) is 21.0 Å². The van der Waals surface area contributed by atoms with Crippen LogP contribution in [-0.4, -0.2) is 21.8 Å². The summed E-state index contributed by atoms with van der Waals surface area (Å²) in [5, 5.41) is 0. The van der Waals surface area contributed by atoms with Gasteiger partial charge in [-0.05, 0) is 0 Å². The van der Waals surface area contributed by atoms with E-state index >= 15 is 0 Å². The summed E-state index contributed by atoms with van der Waals surface area (Å²) in [5.74, 6) is -1.49. The minimum Gasteiger partial charge on any atom is -0.364 e. The predicted octanol–water partition coefficient (Wildman–Crippen LogP) is -1.33. The van der Waals surface area contributed by atoms with E-state index in [1.807, 2.05) is 0 Å². The van der Waals surface area contributed by atoms with Crippen LogP contribution in [0.2, 0.25) is 0 Å². The van der Waals surface area contributed by atoms with E-state index in [1.165, 1.54) is 0 Å². The molecule has 0 aliphatic rings. The number of hydrogen-bond donors (Lipinski definition) is 2. The number of carbonyl (C=O) groups excluding carboxylic acids is 2. The summed E-state index contributed by atoms with van der Waals surface area (Å²) in [6, 6.07) is 0. The molecule has 1 heterocycles. The fourth-order valence-corrected chi connectivity index (χ4v) is 0.603. The van der Waals surface area contributed by atoms with Crippen LogP contribution in [0.5, 0.6) is 0 Å². The zero-order valence-corrected chi connectivity index (χ0v) is 6.02. The molecule has 12 heavy (non-hydrogen) atoms. The molecule has 0 atom stereocenters. The maximum Gasteiger partial charge on any atom is 0.268 e. The molecule has 0 spiro atoms. The maximum atomic E-state index is 10.5. The van der Waals surface area contributed by atoms with E-state index in [1.54, 1.807) is 0 Å². The molecular weight excluding hydrogens is 160 g/mol. The van der Waals surface area contributed by atoms with Crippen LogP contribution in [0.25, 0.3) is 0 Å². The quantitative estimate of drug-likeness (QED) is 0.567. The fourth-order valence-electron chi connectivity index (χ4n) is 0.603. The van der Waals surface area contributed by atoms with Gasteiger partial charge in [-0.1, -0.05) is 0 Å². The van der Waals surface area contributed by atoms with Gasteiger partial charge in [0.2, 0.25) is 0 Å². The summed E-state index contributed by atoms with van der Waals surface area (Å²) >= 11 is 0. The summed E-state index contributed by atoms with van der Waals surface area (Å²) in [6.45, 7) is 0. The van der Waals surface area contributed by atoms with Gasteiger partial charge in [0.25, 0.3) is 11.8 Å². The predicted molar refractivity (Wildman–Crippen MR) is 39.1 cm³/mol. The van der Waals surface area contributed by atoms with Gasteiger partial charge >= 0.3 is 0 Å². The van der Waals surface area contributed by atoms with Crippen LogP contribution in [0.4, 0.5) is 0 Å². The number of rotatable bonds is 2. The molecule has 0 aromatic carbocycles. The second kappa shape index (κ2) is 2.95. The summed E-state index contributed by atoms with van der Waals surface area (Å²) in [6.07, 6.45) is 2.32. The van der Waals surface area contributed by atoms with Crippen molar-refractivity contribution in [3.8, 4) is 0 Å². The minimum atomic E-state index is -0.745. The molecule has 62 valence electrons. The summed E-state index contributed by atoms with van der Waals surface area (Å²) in [4.78, 5) is 28.2. The van der Waals surface area contributed by atoms with E-state index in [2.05, 4.69) is 9.97 Å². The topological polar surface area (TPSA) is 112 Å². The molecule has 1 aromatic rings. The lowest BCUT2D eigenvalue weighted by Gasteiger charge is -1.95. The third-order valence-electron chi connectivity index (χ3n) is 1.14. The molecule has 0 saturated carbocycles. The number of hydrogen-bond acceptors (Lipinski definition) is 4. The minimum absolute atomic E-state index is 0.0775. The zero-order valence-electron chi connectivity index (χ0n) is 6.02. The van der Waals surface area contributed by atoms with E-state index in [4.69, 9.17) is 11.5 Å². The second-order valence-electron chi connectivity index (χ2n) is 2.02. The molecule has 0 unspecified atom stereocenters. The van der Waals surface area contributed by atoms with Gasteiger partial charge < -0.3 is 11.5 Å². The lowest BCUT2D eigenvalue weighted by molar-refractivity contribution is 0.0991. The zero-order chi connectivity index (χ0) is 9.14. The van der Waals surface area contributed by atoms with Gasteiger partial charge in [-0.3, -0.25) is 14.6 Å². The molecule has 0 radical (unpaired) electrons. The molecule has 0 bridgehead atoms. The van der Waals surface area contributed by atoms with Crippen molar-refractivity contribution in [2.75, 3.05) is 0 Å². The average molecular weight is 166 g/mol. The normalized spacial score (nSPS) is 9.33. The highest BCUT2D eigenvalue weighted by Crippen LogP contribution is 1.93. The van der Waals surface area contributed by atoms with Gasteiger partial charge in [-0.25, -0.2) is 4.98 Å². The lowest BCUT2D eigenvalue weighted by Crippen LogP contribution is -2.19. The van der Waals surface area contributed by atoms with Crippen LogP contribution in [0.3, 0.4) is 0 Å². The molecule has 6 heteroatoms. The Morgan fingerprint density at radius 3 is 1.83 bits per heavy atom. The molecule has 1 rings (SSSR count). The Hall–Kier alpha value is -1.98. The van der Waals surface area contributed by atoms with Crippen LogP contribution in [0.15, 0.2) is 12.4 Å². The first kappa shape index (κ1) is 8.12. The third-order valence-corrected chi connectivity index (χ3v) is 1.14. The molecule has 0 aliphatic heterocycles. The van der Waals surface area contributed by atoms with Crippen molar-refractivity contribution in [3.63, 3.8) is 0 Å². The molecule has 0 saturated heterocycles. The van der Waals surface area contributed by atoms with Crippen LogP contribution < -0.4 is 11.5 Å². The number of carbonyl (C=O) groups is 2. The van der Waals surface area contributed by atoms with Gasteiger partial charge in [0.1, 0.15) is 11.4 Å². The number of amides is 2. The molecule has 2 amide bonds. The Morgan fingerprint density at radius 2 is 1.50 bits per heavy atom. The number of nitrogens with zero attached hydrogens (tertiary/aromatic N) is 2. The second-order valence-corrected chi connectivity index (χ2v) is 2.02. The third kappa shape index (κ3) is 1.54. The van der Waals surface area contributed by atoms with Crippen LogP contribution >= 0.6 is 0 Å². The Bertz CT molecular complexity index is 307. The van der Waals surface area contributed by atoms with Crippen molar-refractivity contribution >= 4 is 11.8 Å². The first-order valence-electron chi connectivity index (χ1n) is 3.03. The summed E-state index contributed by atoms with van der Waals surface area (Å²) in [5.41, 5.74) is 9.62. The number of primary amides is 2. The highest BCUT2D eigenvalue weighted by molar-refractivity contribution is 5.94. The van der Waals surface area contributed by atoms with E-state index < -0.39 is 11.8 Å². The molecule has 0 aliphatic carbocycles. The maximum absolute atomic E-state index is 10.5. The van der Waals surface area contributed by atoms with Gasteiger partial charge in [0.15, 0.2) is 0 Å². The Labute approximate surface area is 67.6 Å². The molecule has 6 nitrogen and oxygen atoms in total. The number of aromatic nitrogens is 2.